The van der Waals surface area contributed by atoms with E-state index < -0.39 is 0 Å². The monoisotopic (exact) mass is 319 g/mol. The number of hydrogen-bond donors (Lipinski definition) is 2. The third-order valence-electron chi connectivity index (χ3n) is 4.72. The average molecular weight is 319 g/mol. The topological polar surface area (TPSA) is 108 Å². The average Bonchev–Trinajstić information content (AvgIpc) is 3.18. The summed E-state index contributed by atoms with van der Waals surface area (Å²) in [5, 5.41) is 13.0. The van der Waals surface area contributed by atoms with E-state index in [1.807, 2.05) is 0 Å². The minimum Gasteiger partial charge on any atom is -0.350 e. The van der Waals surface area contributed by atoms with Crippen LogP contribution in [0, 0.1) is 11.8 Å². The van der Waals surface area contributed by atoms with Crippen molar-refractivity contribution in [1.29, 1.82) is 0 Å². The van der Waals surface area contributed by atoms with Gasteiger partial charge < -0.3 is 5.32 Å². The number of amides is 3. The van der Waals surface area contributed by atoms with Gasteiger partial charge in [0.2, 0.25) is 17.7 Å². The van der Waals surface area contributed by atoms with Gasteiger partial charge in [-0.3, -0.25) is 19.3 Å². The highest BCUT2D eigenvalue weighted by molar-refractivity contribution is 6.01. The van der Waals surface area contributed by atoms with Crippen LogP contribution in [0.1, 0.15) is 44.2 Å². The van der Waals surface area contributed by atoms with E-state index in [2.05, 4.69) is 20.7 Å². The first kappa shape index (κ1) is 15.6. The number of rotatable bonds is 5. The Balaban J connectivity index is 1.42. The Morgan fingerprint density at radius 2 is 1.91 bits per heavy atom. The van der Waals surface area contributed by atoms with Crippen molar-refractivity contribution in [2.45, 2.75) is 45.1 Å². The van der Waals surface area contributed by atoms with Gasteiger partial charge in [-0.05, 0) is 31.6 Å². The Labute approximate surface area is 134 Å². The molecule has 2 fully saturated rings. The fraction of sp³-hybridized carbons (Fsp3) is 0.667. The van der Waals surface area contributed by atoms with Gasteiger partial charge in [-0.15, -0.1) is 0 Å². The van der Waals surface area contributed by atoms with Crippen LogP contribution in [0.25, 0.3) is 0 Å². The quantitative estimate of drug-likeness (QED) is 0.763. The van der Waals surface area contributed by atoms with Crippen molar-refractivity contribution in [2.75, 3.05) is 6.54 Å². The molecule has 1 saturated heterocycles. The van der Waals surface area contributed by atoms with Crippen LogP contribution in [0.4, 0.5) is 0 Å². The highest BCUT2D eigenvalue weighted by atomic mass is 16.2. The Kier molecular flexibility index (Phi) is 4.68. The van der Waals surface area contributed by atoms with Crippen LogP contribution in [0.5, 0.6) is 0 Å². The molecule has 1 aromatic rings. The summed E-state index contributed by atoms with van der Waals surface area (Å²) in [5.41, 5.74) is 0.707. The molecule has 23 heavy (non-hydrogen) atoms. The molecule has 2 N–H and O–H groups in total. The number of aromatic amines is 1. The molecule has 0 bridgehead atoms. The lowest BCUT2D eigenvalue weighted by Gasteiger charge is -2.29. The number of carbonyl (C=O) groups is 3. The van der Waals surface area contributed by atoms with Gasteiger partial charge in [0.1, 0.15) is 5.69 Å². The summed E-state index contributed by atoms with van der Waals surface area (Å²) < 4.78 is 0. The van der Waals surface area contributed by atoms with Crippen LogP contribution in [-0.2, 0) is 20.9 Å². The summed E-state index contributed by atoms with van der Waals surface area (Å²) in [6, 6.07) is 0. The van der Waals surface area contributed by atoms with Crippen molar-refractivity contribution in [3.05, 3.63) is 11.9 Å². The first-order chi connectivity index (χ1) is 11.1. The number of carbonyl (C=O) groups excluding carboxylic acids is 3. The van der Waals surface area contributed by atoms with Gasteiger partial charge in [-0.25, -0.2) is 0 Å². The summed E-state index contributed by atoms with van der Waals surface area (Å²) in [7, 11) is 0. The molecule has 0 unspecified atom stereocenters. The van der Waals surface area contributed by atoms with Crippen molar-refractivity contribution in [1.82, 2.24) is 25.6 Å². The second-order valence-corrected chi connectivity index (χ2v) is 6.29. The van der Waals surface area contributed by atoms with Crippen LogP contribution in [0.2, 0.25) is 0 Å². The third-order valence-corrected chi connectivity index (χ3v) is 4.72. The van der Waals surface area contributed by atoms with Crippen molar-refractivity contribution in [3.63, 3.8) is 0 Å². The molecule has 0 radical (unpaired) electrons. The molecule has 1 aromatic heterocycles. The van der Waals surface area contributed by atoms with E-state index in [0.29, 0.717) is 37.5 Å². The Bertz CT molecular complexity index is 562. The lowest BCUT2D eigenvalue weighted by Crippen LogP contribution is -2.37. The summed E-state index contributed by atoms with van der Waals surface area (Å²) in [6.45, 7) is 0.900. The van der Waals surface area contributed by atoms with E-state index in [-0.39, 0.29) is 23.6 Å². The summed E-state index contributed by atoms with van der Waals surface area (Å²) in [5.74, 6) is 0.258. The number of H-pyrrole nitrogens is 1. The lowest BCUT2D eigenvalue weighted by molar-refractivity contribution is -0.139. The highest BCUT2D eigenvalue weighted by Crippen LogP contribution is 2.30. The number of aromatic nitrogens is 3. The molecule has 0 aromatic carbocycles. The van der Waals surface area contributed by atoms with Gasteiger partial charge in [-0.2, -0.15) is 15.4 Å². The fourth-order valence-electron chi connectivity index (χ4n) is 3.32. The van der Waals surface area contributed by atoms with E-state index in [1.54, 1.807) is 6.20 Å². The van der Waals surface area contributed by atoms with Crippen LogP contribution in [0.15, 0.2) is 6.20 Å². The maximum absolute atomic E-state index is 12.2. The predicted octanol–water partition coefficient (Wildman–Crippen LogP) is 0.376. The standard InChI is InChI=1S/C15H21N5O3/c21-13-5-6-14(22)20(13)9-10-1-3-11(4-2-10)15(23)16-7-12-8-17-19-18-12/h8,10-11H,1-7,9H2,(H,16,23)(H,17,18,19). The predicted molar refractivity (Wildman–Crippen MR) is 79.6 cm³/mol. The molecule has 124 valence electrons. The molecule has 3 rings (SSSR count). The highest BCUT2D eigenvalue weighted by Gasteiger charge is 2.33. The van der Waals surface area contributed by atoms with Gasteiger partial charge in [0.25, 0.3) is 0 Å². The number of imide groups is 1. The van der Waals surface area contributed by atoms with Crippen molar-refractivity contribution in [2.24, 2.45) is 11.8 Å². The van der Waals surface area contributed by atoms with Gasteiger partial charge in [0.05, 0.1) is 12.7 Å². The van der Waals surface area contributed by atoms with Crippen molar-refractivity contribution in [3.8, 4) is 0 Å². The number of likely N-dealkylation sites (tertiary alicyclic amines) is 1. The smallest absolute Gasteiger partial charge is 0.229 e. The Hall–Kier alpha value is -2.25. The lowest BCUT2D eigenvalue weighted by atomic mass is 9.81. The van der Waals surface area contributed by atoms with Gasteiger partial charge in [0.15, 0.2) is 0 Å². The van der Waals surface area contributed by atoms with Crippen molar-refractivity contribution >= 4 is 17.7 Å². The largest absolute Gasteiger partial charge is 0.350 e. The molecule has 8 nitrogen and oxygen atoms in total. The number of hydrogen-bond acceptors (Lipinski definition) is 5. The summed E-state index contributed by atoms with van der Waals surface area (Å²) in [4.78, 5) is 36.9. The molecule has 2 heterocycles. The Morgan fingerprint density at radius 1 is 1.22 bits per heavy atom. The first-order valence-electron chi connectivity index (χ1n) is 8.09. The molecular weight excluding hydrogens is 298 g/mol. The van der Waals surface area contributed by atoms with E-state index >= 15 is 0 Å². The molecule has 1 aliphatic heterocycles. The molecule has 3 amide bonds. The van der Waals surface area contributed by atoms with E-state index in [9.17, 15) is 14.4 Å². The van der Waals surface area contributed by atoms with E-state index in [4.69, 9.17) is 0 Å². The minimum atomic E-state index is -0.0533. The zero-order valence-electron chi connectivity index (χ0n) is 13.0. The zero-order chi connectivity index (χ0) is 16.2. The van der Waals surface area contributed by atoms with Gasteiger partial charge >= 0.3 is 0 Å². The fourth-order valence-corrected chi connectivity index (χ4v) is 3.32. The number of nitrogens with one attached hydrogen (secondary N) is 2. The summed E-state index contributed by atoms with van der Waals surface area (Å²) in [6.07, 6.45) is 5.62. The van der Waals surface area contributed by atoms with E-state index in [0.717, 1.165) is 25.7 Å². The van der Waals surface area contributed by atoms with Crippen molar-refractivity contribution < 1.29 is 14.4 Å². The maximum Gasteiger partial charge on any atom is 0.229 e. The maximum atomic E-state index is 12.2. The molecule has 0 atom stereocenters. The normalized spacial score (nSPS) is 25.0. The first-order valence-corrected chi connectivity index (χ1v) is 8.09. The minimum absolute atomic E-state index is 0.00290. The number of nitrogens with zero attached hydrogens (tertiary/aromatic N) is 3. The second-order valence-electron chi connectivity index (χ2n) is 6.29. The van der Waals surface area contributed by atoms with Crippen LogP contribution in [0.3, 0.4) is 0 Å². The third kappa shape index (κ3) is 3.75. The molecule has 0 spiro atoms. The van der Waals surface area contributed by atoms with Crippen LogP contribution in [-0.4, -0.2) is 44.6 Å². The summed E-state index contributed by atoms with van der Waals surface area (Å²) >= 11 is 0. The molecule has 8 heteroatoms. The molecular formula is C15H21N5O3. The second kappa shape index (κ2) is 6.89. The van der Waals surface area contributed by atoms with Crippen LogP contribution >= 0.6 is 0 Å². The molecule has 1 aliphatic carbocycles. The SMILES string of the molecule is O=C(NCc1cn[nH]n1)C1CCC(CN2C(=O)CCC2=O)CC1. The van der Waals surface area contributed by atoms with Crippen LogP contribution < -0.4 is 5.32 Å². The van der Waals surface area contributed by atoms with Gasteiger partial charge in [-0.1, -0.05) is 0 Å². The van der Waals surface area contributed by atoms with E-state index in [1.165, 1.54) is 4.90 Å². The molecule has 2 aliphatic rings. The van der Waals surface area contributed by atoms with Gasteiger partial charge in [0, 0.05) is 25.3 Å². The zero-order valence-corrected chi connectivity index (χ0v) is 13.0. The Morgan fingerprint density at radius 3 is 2.52 bits per heavy atom. The molecule has 1 saturated carbocycles.